The summed E-state index contributed by atoms with van der Waals surface area (Å²) in [6, 6.07) is 14.0. The number of hydrogen-bond acceptors (Lipinski definition) is 6. The van der Waals surface area contributed by atoms with E-state index in [0.717, 1.165) is 24.1 Å². The van der Waals surface area contributed by atoms with Crippen molar-refractivity contribution in [2.24, 2.45) is 7.05 Å². The largest absolute Gasteiger partial charge is 0.419 e. The van der Waals surface area contributed by atoms with Gasteiger partial charge in [-0.3, -0.25) is 9.36 Å². The predicted octanol–water partition coefficient (Wildman–Crippen LogP) is 2.03. The SMILES string of the molecule is Cn1c(=O)oc2ccc(-c3ccc(CC(F)(C#N)NC(=O)C4CNCCCO4)cc3)cc21. The molecule has 2 unspecified atom stereocenters. The van der Waals surface area contributed by atoms with Gasteiger partial charge in [0.2, 0.25) is 0 Å². The molecule has 0 bridgehead atoms. The Morgan fingerprint density at radius 1 is 1.31 bits per heavy atom. The molecule has 0 spiro atoms. The smallest absolute Gasteiger partial charge is 0.408 e. The molecule has 0 radical (unpaired) electrons. The predicted molar refractivity (Wildman–Crippen MR) is 115 cm³/mol. The van der Waals surface area contributed by atoms with Crippen molar-refractivity contribution in [1.82, 2.24) is 15.2 Å². The summed E-state index contributed by atoms with van der Waals surface area (Å²) >= 11 is 0. The molecule has 1 saturated heterocycles. The fourth-order valence-electron chi connectivity index (χ4n) is 3.67. The number of fused-ring (bicyclic) bond motifs is 1. The number of nitriles is 1. The van der Waals surface area contributed by atoms with Crippen LogP contribution in [0.2, 0.25) is 0 Å². The normalized spacial score (nSPS) is 18.5. The molecule has 1 aromatic heterocycles. The van der Waals surface area contributed by atoms with Gasteiger partial charge in [-0.25, -0.2) is 9.18 Å². The molecule has 166 valence electrons. The van der Waals surface area contributed by atoms with E-state index in [0.29, 0.717) is 23.3 Å². The monoisotopic (exact) mass is 438 g/mol. The average molecular weight is 438 g/mol. The number of aromatic nitrogens is 1. The summed E-state index contributed by atoms with van der Waals surface area (Å²) in [7, 11) is 1.63. The Balaban J connectivity index is 1.48. The Morgan fingerprint density at radius 3 is 2.81 bits per heavy atom. The summed E-state index contributed by atoms with van der Waals surface area (Å²) in [5.74, 6) is -3.64. The van der Waals surface area contributed by atoms with Crippen LogP contribution >= 0.6 is 0 Å². The lowest BCUT2D eigenvalue weighted by Crippen LogP contribution is -2.51. The van der Waals surface area contributed by atoms with Gasteiger partial charge < -0.3 is 19.8 Å². The Morgan fingerprint density at radius 2 is 2.06 bits per heavy atom. The van der Waals surface area contributed by atoms with Gasteiger partial charge in [-0.2, -0.15) is 5.26 Å². The molecule has 3 aromatic rings. The molecule has 1 aliphatic rings. The zero-order chi connectivity index (χ0) is 22.7. The molecule has 2 aromatic carbocycles. The standard InChI is InChI=1S/C23H23FN4O4/c1-28-18-11-17(7-8-19(18)32-22(28)30)16-5-3-15(4-6-16)12-23(24,14-25)27-21(29)20-13-26-9-2-10-31-20/h3-8,11,20,26H,2,9-10,12-13H2,1H3,(H,27,29). The highest BCUT2D eigenvalue weighted by Crippen LogP contribution is 2.25. The Bertz CT molecular complexity index is 1220. The molecule has 32 heavy (non-hydrogen) atoms. The molecule has 1 amide bonds. The number of ether oxygens (including phenoxy) is 1. The van der Waals surface area contributed by atoms with Gasteiger partial charge in [-0.1, -0.05) is 30.3 Å². The van der Waals surface area contributed by atoms with Gasteiger partial charge in [-0.05, 0) is 41.8 Å². The average Bonchev–Trinajstić information content (AvgIpc) is 2.97. The van der Waals surface area contributed by atoms with Gasteiger partial charge in [0.25, 0.3) is 11.7 Å². The number of halogens is 1. The quantitative estimate of drug-likeness (QED) is 0.590. The number of oxazole rings is 1. The first-order valence-corrected chi connectivity index (χ1v) is 10.3. The Labute approximate surface area is 183 Å². The van der Waals surface area contributed by atoms with Crippen LogP contribution in [0.1, 0.15) is 12.0 Å². The van der Waals surface area contributed by atoms with Gasteiger partial charge in [0.1, 0.15) is 12.2 Å². The highest BCUT2D eigenvalue weighted by Gasteiger charge is 2.35. The van der Waals surface area contributed by atoms with Crippen molar-refractivity contribution >= 4 is 17.0 Å². The second kappa shape index (κ2) is 8.94. The van der Waals surface area contributed by atoms with Gasteiger partial charge in [0.05, 0.1) is 5.52 Å². The van der Waals surface area contributed by atoms with E-state index in [4.69, 9.17) is 9.15 Å². The van der Waals surface area contributed by atoms with Gasteiger partial charge >= 0.3 is 5.76 Å². The summed E-state index contributed by atoms with van der Waals surface area (Å²) in [6.07, 6.45) is -0.374. The molecule has 2 atom stereocenters. The number of carbonyl (C=O) groups excluding carboxylic acids is 1. The van der Waals surface area contributed by atoms with E-state index >= 15 is 4.39 Å². The van der Waals surface area contributed by atoms with Crippen molar-refractivity contribution in [1.29, 1.82) is 5.26 Å². The molecule has 8 nitrogen and oxygen atoms in total. The first kappa shape index (κ1) is 21.7. The van der Waals surface area contributed by atoms with Crippen molar-refractivity contribution in [2.75, 3.05) is 19.7 Å². The maximum atomic E-state index is 15.1. The van der Waals surface area contributed by atoms with E-state index in [1.54, 1.807) is 43.4 Å². The molecular weight excluding hydrogens is 415 g/mol. The minimum atomic E-state index is -2.55. The number of rotatable bonds is 5. The molecule has 2 heterocycles. The number of nitrogens with one attached hydrogen (secondary N) is 2. The summed E-state index contributed by atoms with van der Waals surface area (Å²) in [6.45, 7) is 1.39. The molecule has 0 aliphatic carbocycles. The molecule has 2 N–H and O–H groups in total. The fraction of sp³-hybridized carbons (Fsp3) is 0.348. The van der Waals surface area contributed by atoms with Gasteiger partial charge in [-0.15, -0.1) is 0 Å². The van der Waals surface area contributed by atoms with Crippen molar-refractivity contribution in [2.45, 2.75) is 24.7 Å². The number of nitrogens with zero attached hydrogens (tertiary/aromatic N) is 2. The Kier molecular flexibility index (Phi) is 6.08. The van der Waals surface area contributed by atoms with Crippen LogP contribution < -0.4 is 16.4 Å². The number of amides is 1. The minimum Gasteiger partial charge on any atom is -0.408 e. The molecule has 9 heteroatoms. The summed E-state index contributed by atoms with van der Waals surface area (Å²) in [5.41, 5.74) is 3.43. The van der Waals surface area contributed by atoms with Crippen LogP contribution in [0.15, 0.2) is 51.7 Å². The second-order valence-electron chi connectivity index (χ2n) is 7.80. The van der Waals surface area contributed by atoms with Gasteiger partial charge in [0.15, 0.2) is 5.58 Å². The van der Waals surface area contributed by atoms with Crippen molar-refractivity contribution < 1.29 is 18.3 Å². The molecule has 0 saturated carbocycles. The number of hydrogen-bond donors (Lipinski definition) is 2. The maximum absolute atomic E-state index is 15.1. The second-order valence-corrected chi connectivity index (χ2v) is 7.80. The molecule has 1 fully saturated rings. The van der Waals surface area contributed by atoms with Crippen LogP contribution in [0.4, 0.5) is 4.39 Å². The van der Waals surface area contributed by atoms with E-state index in [9.17, 15) is 14.9 Å². The van der Waals surface area contributed by atoms with Crippen LogP contribution in [0.5, 0.6) is 0 Å². The van der Waals surface area contributed by atoms with Gasteiger partial charge in [0, 0.05) is 26.6 Å². The first-order chi connectivity index (χ1) is 15.4. The highest BCUT2D eigenvalue weighted by atomic mass is 19.1. The highest BCUT2D eigenvalue weighted by molar-refractivity contribution is 5.82. The molecule has 4 rings (SSSR count). The number of aryl methyl sites for hydroxylation is 1. The van der Waals surface area contributed by atoms with Crippen molar-refractivity contribution in [3.05, 3.63) is 58.6 Å². The Hall–Kier alpha value is -3.48. The number of benzene rings is 2. The van der Waals surface area contributed by atoms with E-state index < -0.39 is 23.6 Å². The fourth-order valence-corrected chi connectivity index (χ4v) is 3.67. The van der Waals surface area contributed by atoms with Crippen molar-refractivity contribution in [3.8, 4) is 17.2 Å². The number of carbonyl (C=O) groups is 1. The summed E-state index contributed by atoms with van der Waals surface area (Å²) in [4.78, 5) is 24.1. The third-order valence-corrected chi connectivity index (χ3v) is 5.46. The van der Waals surface area contributed by atoms with E-state index in [1.165, 1.54) is 4.57 Å². The van der Waals surface area contributed by atoms with Crippen LogP contribution in [0.25, 0.3) is 22.2 Å². The number of alkyl halides is 1. The minimum absolute atomic E-state index is 0.272. The molecular formula is C23H23FN4O4. The molecule has 1 aliphatic heterocycles. The lowest BCUT2D eigenvalue weighted by atomic mass is 9.99. The zero-order valence-electron chi connectivity index (χ0n) is 17.6. The van der Waals surface area contributed by atoms with Crippen LogP contribution in [0, 0.1) is 11.3 Å². The third kappa shape index (κ3) is 4.56. The maximum Gasteiger partial charge on any atom is 0.419 e. The first-order valence-electron chi connectivity index (χ1n) is 10.3. The van der Waals surface area contributed by atoms with Crippen molar-refractivity contribution in [3.63, 3.8) is 0 Å². The van der Waals surface area contributed by atoms with E-state index in [-0.39, 0.29) is 13.0 Å². The lowest BCUT2D eigenvalue weighted by Gasteiger charge is -2.22. The van der Waals surface area contributed by atoms with Crippen LogP contribution in [-0.2, 0) is 23.0 Å². The third-order valence-electron chi connectivity index (χ3n) is 5.46. The lowest BCUT2D eigenvalue weighted by molar-refractivity contribution is -0.135. The summed E-state index contributed by atoms with van der Waals surface area (Å²) in [5, 5.41) is 14.6. The van der Waals surface area contributed by atoms with E-state index in [2.05, 4.69) is 10.6 Å². The topological polar surface area (TPSA) is 109 Å². The summed E-state index contributed by atoms with van der Waals surface area (Å²) < 4.78 is 27.1. The van der Waals surface area contributed by atoms with E-state index in [1.807, 2.05) is 12.1 Å². The van der Waals surface area contributed by atoms with Crippen LogP contribution in [-0.4, -0.2) is 42.1 Å². The zero-order valence-corrected chi connectivity index (χ0v) is 17.6. The van der Waals surface area contributed by atoms with Crippen LogP contribution in [0.3, 0.4) is 0 Å².